The van der Waals surface area contributed by atoms with Crippen molar-refractivity contribution in [3.05, 3.63) is 48.3 Å². The Morgan fingerprint density at radius 1 is 1.43 bits per heavy atom. The highest BCUT2D eigenvalue weighted by Crippen LogP contribution is 2.16. The van der Waals surface area contributed by atoms with Gasteiger partial charge in [-0.15, -0.1) is 6.58 Å². The molecule has 0 spiro atoms. The molecule has 2 N–H and O–H groups in total. The molecule has 1 heterocycles. The Balaban J connectivity index is 2.17. The molecule has 0 aliphatic carbocycles. The smallest absolute Gasteiger partial charge is 0.254 e. The third kappa shape index (κ3) is 3.55. The Morgan fingerprint density at radius 3 is 2.67 bits per heavy atom. The summed E-state index contributed by atoms with van der Waals surface area (Å²) in [5.41, 5.74) is 1.40. The first kappa shape index (κ1) is 14.9. The molecule has 0 saturated carbocycles. The maximum Gasteiger partial charge on any atom is 0.254 e. The van der Waals surface area contributed by atoms with Crippen molar-refractivity contribution in [1.29, 1.82) is 0 Å². The number of aromatic amines is 1. The Hall–Kier alpha value is -2.47. The topological polar surface area (TPSA) is 82.1 Å². The van der Waals surface area contributed by atoms with Crippen LogP contribution in [0.3, 0.4) is 0 Å². The minimum absolute atomic E-state index is 0.0753. The predicted octanol–water partition coefficient (Wildman–Crippen LogP) is 1.40. The van der Waals surface area contributed by atoms with Gasteiger partial charge in [0.1, 0.15) is 5.82 Å². The second-order valence-electron chi connectivity index (χ2n) is 4.59. The van der Waals surface area contributed by atoms with E-state index in [0.717, 1.165) is 11.4 Å². The first-order chi connectivity index (χ1) is 10.2. The van der Waals surface area contributed by atoms with Crippen LogP contribution in [0.1, 0.15) is 16.2 Å². The summed E-state index contributed by atoms with van der Waals surface area (Å²) in [4.78, 5) is 18.1. The fraction of sp³-hybridized carbons (Fsp3) is 0.267. The zero-order valence-electron chi connectivity index (χ0n) is 11.9. The summed E-state index contributed by atoms with van der Waals surface area (Å²) in [6, 6.07) is 7.08. The van der Waals surface area contributed by atoms with Gasteiger partial charge in [0, 0.05) is 24.2 Å². The Bertz CT molecular complexity index is 619. The molecule has 2 rings (SSSR count). The highest BCUT2D eigenvalue weighted by atomic mass is 16.3. The van der Waals surface area contributed by atoms with Crippen molar-refractivity contribution in [2.24, 2.45) is 0 Å². The van der Waals surface area contributed by atoms with Gasteiger partial charge in [-0.3, -0.25) is 9.89 Å². The molecule has 110 valence electrons. The quantitative estimate of drug-likeness (QED) is 0.786. The van der Waals surface area contributed by atoms with Crippen molar-refractivity contribution in [2.75, 3.05) is 19.7 Å². The van der Waals surface area contributed by atoms with Gasteiger partial charge in [-0.05, 0) is 19.1 Å². The van der Waals surface area contributed by atoms with E-state index in [0.29, 0.717) is 17.9 Å². The number of hydrogen-bond donors (Lipinski definition) is 2. The molecule has 0 unspecified atom stereocenters. The van der Waals surface area contributed by atoms with Gasteiger partial charge in [0.2, 0.25) is 0 Å². The van der Waals surface area contributed by atoms with E-state index in [1.807, 2.05) is 6.92 Å². The molecule has 0 atom stereocenters. The largest absolute Gasteiger partial charge is 0.395 e. The summed E-state index contributed by atoms with van der Waals surface area (Å²) in [6.45, 7) is 6.06. The molecular weight excluding hydrogens is 268 g/mol. The van der Waals surface area contributed by atoms with Crippen molar-refractivity contribution in [2.45, 2.75) is 6.92 Å². The van der Waals surface area contributed by atoms with Crippen LogP contribution < -0.4 is 0 Å². The molecule has 2 aromatic rings. The van der Waals surface area contributed by atoms with Crippen LogP contribution in [0.25, 0.3) is 11.4 Å². The minimum Gasteiger partial charge on any atom is -0.395 e. The van der Waals surface area contributed by atoms with Crippen LogP contribution in [0, 0.1) is 6.92 Å². The number of carbonyl (C=O) groups is 1. The molecule has 0 bridgehead atoms. The van der Waals surface area contributed by atoms with E-state index in [2.05, 4.69) is 21.8 Å². The SMILES string of the molecule is C=CCN(CCO)C(=O)c1ccc(-c2n[nH]c(C)n2)cc1. The molecule has 0 fully saturated rings. The molecule has 1 aromatic carbocycles. The maximum atomic E-state index is 12.3. The predicted molar refractivity (Wildman–Crippen MR) is 79.7 cm³/mol. The molecule has 21 heavy (non-hydrogen) atoms. The molecule has 0 aliphatic heterocycles. The Labute approximate surface area is 123 Å². The summed E-state index contributed by atoms with van der Waals surface area (Å²) in [5, 5.41) is 15.9. The van der Waals surface area contributed by atoms with Gasteiger partial charge in [-0.2, -0.15) is 5.10 Å². The number of nitrogens with zero attached hydrogens (tertiary/aromatic N) is 3. The fourth-order valence-electron chi connectivity index (χ4n) is 1.97. The standard InChI is InChI=1S/C15H18N4O2/c1-3-8-19(9-10-20)15(21)13-6-4-12(5-7-13)14-16-11(2)17-18-14/h3-7,20H,1,8-10H2,2H3,(H,16,17,18). The molecule has 1 amide bonds. The van der Waals surface area contributed by atoms with Crippen LogP contribution in [0.2, 0.25) is 0 Å². The van der Waals surface area contributed by atoms with Crippen LogP contribution >= 0.6 is 0 Å². The number of aryl methyl sites for hydroxylation is 1. The lowest BCUT2D eigenvalue weighted by atomic mass is 10.1. The molecule has 0 saturated heterocycles. The summed E-state index contributed by atoms with van der Waals surface area (Å²) in [5.74, 6) is 1.21. The molecular formula is C15H18N4O2. The van der Waals surface area contributed by atoms with Crippen LogP contribution in [0.5, 0.6) is 0 Å². The lowest BCUT2D eigenvalue weighted by Crippen LogP contribution is -2.33. The Kier molecular flexibility index (Phi) is 4.84. The van der Waals surface area contributed by atoms with Crippen LogP contribution in [0.4, 0.5) is 0 Å². The Morgan fingerprint density at radius 2 is 2.14 bits per heavy atom. The third-order valence-electron chi connectivity index (χ3n) is 2.99. The number of amides is 1. The lowest BCUT2D eigenvalue weighted by Gasteiger charge is -2.20. The van der Waals surface area contributed by atoms with Gasteiger partial charge in [-0.25, -0.2) is 4.98 Å². The van der Waals surface area contributed by atoms with Crippen molar-refractivity contribution in [3.63, 3.8) is 0 Å². The number of aromatic nitrogens is 3. The van der Waals surface area contributed by atoms with Crippen molar-refractivity contribution in [1.82, 2.24) is 20.1 Å². The zero-order valence-corrected chi connectivity index (χ0v) is 11.9. The summed E-state index contributed by atoms with van der Waals surface area (Å²) < 4.78 is 0. The number of nitrogens with one attached hydrogen (secondary N) is 1. The number of aliphatic hydroxyl groups excluding tert-OH is 1. The summed E-state index contributed by atoms with van der Waals surface area (Å²) >= 11 is 0. The van der Waals surface area contributed by atoms with Gasteiger partial charge < -0.3 is 10.0 Å². The van der Waals surface area contributed by atoms with Gasteiger partial charge in [0.05, 0.1) is 6.61 Å². The van der Waals surface area contributed by atoms with E-state index >= 15 is 0 Å². The van der Waals surface area contributed by atoms with Gasteiger partial charge in [0.15, 0.2) is 5.82 Å². The van der Waals surface area contributed by atoms with Gasteiger partial charge in [0.25, 0.3) is 5.91 Å². The van der Waals surface area contributed by atoms with Crippen molar-refractivity contribution in [3.8, 4) is 11.4 Å². The van der Waals surface area contributed by atoms with E-state index in [1.54, 1.807) is 35.2 Å². The highest BCUT2D eigenvalue weighted by Gasteiger charge is 2.14. The lowest BCUT2D eigenvalue weighted by molar-refractivity contribution is 0.0743. The number of H-pyrrole nitrogens is 1. The second kappa shape index (κ2) is 6.81. The van der Waals surface area contributed by atoms with E-state index < -0.39 is 0 Å². The minimum atomic E-state index is -0.137. The average molecular weight is 286 g/mol. The molecule has 0 radical (unpaired) electrons. The molecule has 0 aliphatic rings. The van der Waals surface area contributed by atoms with E-state index in [1.165, 1.54) is 0 Å². The number of aliphatic hydroxyl groups is 1. The number of carbonyl (C=O) groups excluding carboxylic acids is 1. The summed E-state index contributed by atoms with van der Waals surface area (Å²) in [6.07, 6.45) is 1.64. The van der Waals surface area contributed by atoms with Crippen LogP contribution in [-0.2, 0) is 0 Å². The van der Waals surface area contributed by atoms with E-state index in [-0.39, 0.29) is 19.1 Å². The molecule has 1 aromatic heterocycles. The van der Waals surface area contributed by atoms with E-state index in [4.69, 9.17) is 5.11 Å². The molecule has 6 nitrogen and oxygen atoms in total. The van der Waals surface area contributed by atoms with Crippen molar-refractivity contribution >= 4 is 5.91 Å². The monoisotopic (exact) mass is 286 g/mol. The van der Waals surface area contributed by atoms with Crippen LogP contribution in [0.15, 0.2) is 36.9 Å². The van der Waals surface area contributed by atoms with Gasteiger partial charge >= 0.3 is 0 Å². The number of rotatable bonds is 6. The highest BCUT2D eigenvalue weighted by molar-refractivity contribution is 5.94. The normalized spacial score (nSPS) is 10.4. The zero-order chi connectivity index (χ0) is 15.2. The molecule has 6 heteroatoms. The summed E-state index contributed by atoms with van der Waals surface area (Å²) in [7, 11) is 0. The third-order valence-corrected chi connectivity index (χ3v) is 2.99. The average Bonchev–Trinajstić information content (AvgIpc) is 2.93. The van der Waals surface area contributed by atoms with E-state index in [9.17, 15) is 4.79 Å². The first-order valence-corrected chi connectivity index (χ1v) is 6.66. The number of hydrogen-bond acceptors (Lipinski definition) is 4. The van der Waals surface area contributed by atoms with Crippen LogP contribution in [-0.4, -0.2) is 50.8 Å². The van der Waals surface area contributed by atoms with Crippen molar-refractivity contribution < 1.29 is 9.90 Å². The maximum absolute atomic E-state index is 12.3. The van der Waals surface area contributed by atoms with Gasteiger partial charge in [-0.1, -0.05) is 18.2 Å². The number of benzene rings is 1. The second-order valence-corrected chi connectivity index (χ2v) is 4.59. The fourth-order valence-corrected chi connectivity index (χ4v) is 1.97. The first-order valence-electron chi connectivity index (χ1n) is 6.66.